The van der Waals surface area contributed by atoms with Crippen LogP contribution in [0.4, 0.5) is 13.2 Å². The van der Waals surface area contributed by atoms with Gasteiger partial charge in [0.25, 0.3) is 0 Å². The Morgan fingerprint density at radius 2 is 2.10 bits per heavy atom. The molecular weight excluding hydrogens is 285 g/mol. The number of hydrogen-bond acceptors (Lipinski definition) is 4. The lowest BCUT2D eigenvalue weighted by Gasteiger charge is -2.30. The molecule has 0 heterocycles. The van der Waals surface area contributed by atoms with Crippen molar-refractivity contribution >= 4 is 5.97 Å². The first kappa shape index (κ1) is 18.2. The topological polar surface area (TPSA) is 41.6 Å². The van der Waals surface area contributed by atoms with E-state index in [-0.39, 0.29) is 18.6 Å². The van der Waals surface area contributed by atoms with Crippen molar-refractivity contribution in [1.29, 1.82) is 0 Å². The maximum atomic E-state index is 12.5. The number of ether oxygens (including phenoxy) is 1. The summed E-state index contributed by atoms with van der Waals surface area (Å²) in [6.07, 6.45) is -1.94. The number of nitrogens with zero attached hydrogens (tertiary/aromatic N) is 1. The van der Waals surface area contributed by atoms with Crippen molar-refractivity contribution in [2.45, 2.75) is 57.3 Å². The van der Waals surface area contributed by atoms with E-state index in [1.54, 1.807) is 6.92 Å². The van der Waals surface area contributed by atoms with E-state index in [1.165, 1.54) is 11.9 Å². The van der Waals surface area contributed by atoms with Gasteiger partial charge in [-0.15, -0.1) is 0 Å². The molecular formula is C14H25F3N2O2. The second-order valence-corrected chi connectivity index (χ2v) is 5.66. The van der Waals surface area contributed by atoms with Crippen LogP contribution in [0.25, 0.3) is 0 Å². The molecule has 1 fully saturated rings. The Bertz CT molecular complexity index is 350. The molecule has 2 atom stereocenters. The lowest BCUT2D eigenvalue weighted by Crippen LogP contribution is -2.52. The molecule has 1 saturated carbocycles. The molecule has 1 rings (SSSR count). The van der Waals surface area contributed by atoms with Crippen molar-refractivity contribution < 1.29 is 22.7 Å². The second-order valence-electron chi connectivity index (χ2n) is 5.66. The van der Waals surface area contributed by atoms with Crippen LogP contribution < -0.4 is 5.32 Å². The van der Waals surface area contributed by atoms with E-state index >= 15 is 0 Å². The first-order chi connectivity index (χ1) is 9.74. The molecule has 0 aromatic heterocycles. The van der Waals surface area contributed by atoms with Gasteiger partial charge in [0.15, 0.2) is 0 Å². The maximum absolute atomic E-state index is 12.5. The van der Waals surface area contributed by atoms with E-state index in [0.717, 1.165) is 6.42 Å². The summed E-state index contributed by atoms with van der Waals surface area (Å²) in [5.41, 5.74) is -0.837. The minimum Gasteiger partial charge on any atom is -0.465 e. The predicted octanol–water partition coefficient (Wildman–Crippen LogP) is 2.33. The molecule has 0 bridgehead atoms. The van der Waals surface area contributed by atoms with Gasteiger partial charge in [0.1, 0.15) is 5.54 Å². The van der Waals surface area contributed by atoms with Crippen molar-refractivity contribution in [3.63, 3.8) is 0 Å². The Balaban J connectivity index is 2.73. The third kappa shape index (κ3) is 5.14. The highest BCUT2D eigenvalue weighted by Crippen LogP contribution is 2.35. The molecule has 0 amide bonds. The van der Waals surface area contributed by atoms with Gasteiger partial charge in [-0.25, -0.2) is 0 Å². The molecule has 7 heteroatoms. The molecule has 1 N–H and O–H groups in total. The van der Waals surface area contributed by atoms with Crippen LogP contribution in [0.3, 0.4) is 0 Å². The molecule has 4 nitrogen and oxygen atoms in total. The molecule has 0 aromatic carbocycles. The smallest absolute Gasteiger partial charge is 0.401 e. The summed E-state index contributed by atoms with van der Waals surface area (Å²) in [5, 5.41) is 3.19. The second kappa shape index (κ2) is 7.45. The summed E-state index contributed by atoms with van der Waals surface area (Å²) in [5.74, 6) is -0.346. The van der Waals surface area contributed by atoms with Gasteiger partial charge in [0.2, 0.25) is 0 Å². The fraction of sp³-hybridized carbons (Fsp3) is 0.929. The average molecular weight is 310 g/mol. The van der Waals surface area contributed by atoms with Crippen LogP contribution >= 0.6 is 0 Å². The minimum atomic E-state index is -4.22. The number of carbonyl (C=O) groups excluding carboxylic acids is 1. The third-order valence-electron chi connectivity index (χ3n) is 3.92. The van der Waals surface area contributed by atoms with Crippen LogP contribution in [0.1, 0.15) is 39.5 Å². The quantitative estimate of drug-likeness (QED) is 0.733. The highest BCUT2D eigenvalue weighted by atomic mass is 19.4. The third-order valence-corrected chi connectivity index (χ3v) is 3.92. The minimum absolute atomic E-state index is 0.264. The molecule has 0 aliphatic heterocycles. The highest BCUT2D eigenvalue weighted by molar-refractivity contribution is 5.81. The van der Waals surface area contributed by atoms with E-state index in [2.05, 4.69) is 5.32 Å². The maximum Gasteiger partial charge on any atom is 0.401 e. The molecule has 1 aliphatic rings. The van der Waals surface area contributed by atoms with Crippen molar-refractivity contribution in [2.24, 2.45) is 0 Å². The lowest BCUT2D eigenvalue weighted by molar-refractivity contribution is -0.152. The molecule has 0 radical (unpaired) electrons. The van der Waals surface area contributed by atoms with Gasteiger partial charge in [-0.3, -0.25) is 9.69 Å². The van der Waals surface area contributed by atoms with E-state index in [4.69, 9.17) is 4.74 Å². The van der Waals surface area contributed by atoms with Crippen LogP contribution in [0.2, 0.25) is 0 Å². The van der Waals surface area contributed by atoms with Crippen LogP contribution in [0.15, 0.2) is 0 Å². The van der Waals surface area contributed by atoms with Crippen LogP contribution in [0, 0.1) is 0 Å². The summed E-state index contributed by atoms with van der Waals surface area (Å²) in [6, 6.07) is -0.264. The fourth-order valence-electron chi connectivity index (χ4n) is 2.86. The van der Waals surface area contributed by atoms with E-state index in [9.17, 15) is 18.0 Å². The molecule has 2 unspecified atom stereocenters. The van der Waals surface area contributed by atoms with Gasteiger partial charge in [0, 0.05) is 6.04 Å². The van der Waals surface area contributed by atoms with Crippen LogP contribution in [-0.2, 0) is 9.53 Å². The molecule has 21 heavy (non-hydrogen) atoms. The van der Waals surface area contributed by atoms with Gasteiger partial charge < -0.3 is 10.1 Å². The zero-order chi connectivity index (χ0) is 16.1. The monoisotopic (exact) mass is 310 g/mol. The first-order valence-electron chi connectivity index (χ1n) is 7.43. The van der Waals surface area contributed by atoms with Crippen molar-refractivity contribution in [1.82, 2.24) is 10.2 Å². The molecule has 0 aromatic rings. The molecule has 1 aliphatic carbocycles. The Morgan fingerprint density at radius 1 is 1.43 bits per heavy atom. The zero-order valence-corrected chi connectivity index (χ0v) is 12.9. The van der Waals surface area contributed by atoms with Crippen LogP contribution in [0.5, 0.6) is 0 Å². The van der Waals surface area contributed by atoms with Gasteiger partial charge in [-0.1, -0.05) is 6.92 Å². The highest BCUT2D eigenvalue weighted by Gasteiger charge is 2.48. The summed E-state index contributed by atoms with van der Waals surface area (Å²) in [4.78, 5) is 13.5. The Hall–Kier alpha value is -0.820. The summed E-state index contributed by atoms with van der Waals surface area (Å²) in [7, 11) is 1.46. The Labute approximate surface area is 124 Å². The Morgan fingerprint density at radius 3 is 2.62 bits per heavy atom. The van der Waals surface area contributed by atoms with E-state index < -0.39 is 18.3 Å². The van der Waals surface area contributed by atoms with Crippen molar-refractivity contribution in [3.05, 3.63) is 0 Å². The van der Waals surface area contributed by atoms with E-state index in [0.29, 0.717) is 25.8 Å². The number of halogens is 3. The summed E-state index contributed by atoms with van der Waals surface area (Å²) in [6.45, 7) is 3.68. The molecule has 124 valence electrons. The average Bonchev–Trinajstić information content (AvgIpc) is 2.80. The normalized spacial score (nSPS) is 26.3. The van der Waals surface area contributed by atoms with Crippen molar-refractivity contribution in [2.75, 3.05) is 26.7 Å². The fourth-order valence-corrected chi connectivity index (χ4v) is 2.86. The molecule has 0 spiro atoms. The van der Waals surface area contributed by atoms with Crippen LogP contribution in [-0.4, -0.2) is 55.4 Å². The SMILES string of the molecule is CCCNC1(C(=O)OCC)CCC(N(C)CC(F)(F)F)C1. The molecule has 0 saturated heterocycles. The standard InChI is InChI=1S/C14H25F3N2O2/c1-4-8-18-13(12(20)21-5-2)7-6-11(9-13)19(3)10-14(15,16)17/h11,18H,4-10H2,1-3H3. The Kier molecular flexibility index (Phi) is 6.46. The summed E-state index contributed by atoms with van der Waals surface area (Å²) >= 11 is 0. The van der Waals surface area contributed by atoms with Gasteiger partial charge in [-0.2, -0.15) is 13.2 Å². The largest absolute Gasteiger partial charge is 0.465 e. The zero-order valence-electron chi connectivity index (χ0n) is 12.9. The number of alkyl halides is 3. The van der Waals surface area contributed by atoms with Gasteiger partial charge in [-0.05, 0) is 46.2 Å². The van der Waals surface area contributed by atoms with Gasteiger partial charge in [0.05, 0.1) is 13.2 Å². The van der Waals surface area contributed by atoms with Gasteiger partial charge >= 0.3 is 12.1 Å². The number of hydrogen-bond donors (Lipinski definition) is 1. The summed E-state index contributed by atoms with van der Waals surface area (Å²) < 4.78 is 42.6. The number of rotatable bonds is 7. The number of carbonyl (C=O) groups is 1. The number of nitrogens with one attached hydrogen (secondary N) is 1. The lowest BCUT2D eigenvalue weighted by atomic mass is 9.97. The predicted molar refractivity (Wildman–Crippen MR) is 74.0 cm³/mol. The first-order valence-corrected chi connectivity index (χ1v) is 7.43. The number of esters is 1. The van der Waals surface area contributed by atoms with E-state index in [1.807, 2.05) is 6.92 Å². The van der Waals surface area contributed by atoms with Crippen molar-refractivity contribution in [3.8, 4) is 0 Å².